The highest BCUT2D eigenvalue weighted by molar-refractivity contribution is 7.17. The van der Waals surface area contributed by atoms with Crippen molar-refractivity contribution in [1.29, 1.82) is 0 Å². The predicted octanol–water partition coefficient (Wildman–Crippen LogP) is 4.73. The largest absolute Gasteiger partial charge is 0.316 e. The van der Waals surface area contributed by atoms with E-state index in [9.17, 15) is 4.79 Å². The van der Waals surface area contributed by atoms with Crippen molar-refractivity contribution in [2.45, 2.75) is 25.3 Å². The maximum atomic E-state index is 13.1. The summed E-state index contributed by atoms with van der Waals surface area (Å²) < 4.78 is 2.24. The van der Waals surface area contributed by atoms with Crippen LogP contribution in [0.25, 0.3) is 21.5 Å². The number of nitrogens with zero attached hydrogens (tertiary/aromatic N) is 3. The lowest BCUT2D eigenvalue weighted by Gasteiger charge is -2.46. The maximum absolute atomic E-state index is 13.1. The van der Waals surface area contributed by atoms with Gasteiger partial charge in [-0.1, -0.05) is 12.1 Å². The Kier molecular flexibility index (Phi) is 4.40. The average molecular weight is 430 g/mol. The fourth-order valence-electron chi connectivity index (χ4n) is 5.06. The van der Waals surface area contributed by atoms with Crippen LogP contribution in [0.2, 0.25) is 0 Å². The normalized spacial score (nSPS) is 22.6. The van der Waals surface area contributed by atoms with E-state index < -0.39 is 0 Å². The van der Waals surface area contributed by atoms with Crippen LogP contribution in [0.1, 0.15) is 35.0 Å². The van der Waals surface area contributed by atoms with Gasteiger partial charge in [-0.25, -0.2) is 4.98 Å². The molecule has 1 saturated carbocycles. The lowest BCUT2D eigenvalue weighted by Crippen LogP contribution is -2.40. The SMILES string of the molecule is O=C(Nc1nc2ccccc2n1C1CC2(CCNC2)C1)c1ccc(-c2ccncc2)s1. The van der Waals surface area contributed by atoms with Crippen LogP contribution in [0.4, 0.5) is 5.95 Å². The second-order valence-electron chi connectivity index (χ2n) is 8.64. The lowest BCUT2D eigenvalue weighted by atomic mass is 9.65. The van der Waals surface area contributed by atoms with Crippen molar-refractivity contribution in [3.05, 3.63) is 65.8 Å². The molecule has 4 heterocycles. The Bertz CT molecular complexity index is 1250. The van der Waals surface area contributed by atoms with Gasteiger partial charge in [-0.15, -0.1) is 11.3 Å². The third-order valence-corrected chi connectivity index (χ3v) is 7.78. The van der Waals surface area contributed by atoms with Crippen LogP contribution >= 0.6 is 11.3 Å². The highest BCUT2D eigenvalue weighted by Crippen LogP contribution is 2.53. The molecule has 2 fully saturated rings. The molecule has 6 nitrogen and oxygen atoms in total. The van der Waals surface area contributed by atoms with Crippen LogP contribution in [0.5, 0.6) is 0 Å². The molecule has 1 aliphatic carbocycles. The highest BCUT2D eigenvalue weighted by Gasteiger charge is 2.47. The zero-order valence-corrected chi connectivity index (χ0v) is 17.9. The summed E-state index contributed by atoms with van der Waals surface area (Å²) in [6.45, 7) is 2.21. The van der Waals surface area contributed by atoms with E-state index in [1.807, 2.05) is 42.5 Å². The Morgan fingerprint density at radius 3 is 2.77 bits per heavy atom. The number of benzene rings is 1. The van der Waals surface area contributed by atoms with Gasteiger partial charge in [-0.3, -0.25) is 15.1 Å². The van der Waals surface area contributed by atoms with Crippen molar-refractivity contribution in [2.24, 2.45) is 5.41 Å². The number of aromatic nitrogens is 3. The molecule has 1 aliphatic heterocycles. The number of hydrogen-bond donors (Lipinski definition) is 2. The summed E-state index contributed by atoms with van der Waals surface area (Å²) in [5.74, 6) is 0.536. The zero-order valence-electron chi connectivity index (χ0n) is 17.0. The van der Waals surface area contributed by atoms with Crippen LogP contribution in [0.15, 0.2) is 60.9 Å². The molecule has 1 spiro atoms. The van der Waals surface area contributed by atoms with Gasteiger partial charge in [0.05, 0.1) is 15.9 Å². The molecule has 2 N–H and O–H groups in total. The second kappa shape index (κ2) is 7.28. The van der Waals surface area contributed by atoms with Gasteiger partial charge < -0.3 is 9.88 Å². The first kappa shape index (κ1) is 18.7. The van der Waals surface area contributed by atoms with Gasteiger partial charge in [0.1, 0.15) is 0 Å². The minimum absolute atomic E-state index is 0.113. The molecule has 3 aromatic heterocycles. The van der Waals surface area contributed by atoms with Crippen LogP contribution in [0, 0.1) is 5.41 Å². The van der Waals surface area contributed by atoms with Crippen molar-refractivity contribution in [1.82, 2.24) is 19.9 Å². The molecule has 6 rings (SSSR count). The number of fused-ring (bicyclic) bond motifs is 1. The number of carbonyl (C=O) groups is 1. The van der Waals surface area contributed by atoms with Gasteiger partial charge >= 0.3 is 0 Å². The zero-order chi connectivity index (χ0) is 20.8. The Morgan fingerprint density at radius 1 is 1.13 bits per heavy atom. The van der Waals surface area contributed by atoms with Crippen LogP contribution in [-0.2, 0) is 0 Å². The summed E-state index contributed by atoms with van der Waals surface area (Å²) in [4.78, 5) is 23.7. The molecule has 0 atom stereocenters. The first-order chi connectivity index (χ1) is 15.2. The van der Waals surface area contributed by atoms with E-state index in [1.54, 1.807) is 12.4 Å². The smallest absolute Gasteiger partial charge is 0.268 e. The maximum Gasteiger partial charge on any atom is 0.268 e. The minimum atomic E-state index is -0.113. The third-order valence-electron chi connectivity index (χ3n) is 6.65. The number of anilines is 1. The first-order valence-electron chi connectivity index (χ1n) is 10.7. The summed E-state index contributed by atoms with van der Waals surface area (Å²) in [5.41, 5.74) is 3.50. The Labute approximate surface area is 184 Å². The van der Waals surface area contributed by atoms with E-state index in [0.717, 1.165) is 47.4 Å². The summed E-state index contributed by atoms with van der Waals surface area (Å²) in [7, 11) is 0. The van der Waals surface area contributed by atoms with E-state index in [4.69, 9.17) is 4.98 Å². The van der Waals surface area contributed by atoms with Crippen LogP contribution < -0.4 is 10.6 Å². The van der Waals surface area contributed by atoms with Gasteiger partial charge in [0.15, 0.2) is 0 Å². The van der Waals surface area contributed by atoms with Crippen molar-refractivity contribution < 1.29 is 4.79 Å². The van der Waals surface area contributed by atoms with E-state index in [1.165, 1.54) is 17.8 Å². The molecule has 31 heavy (non-hydrogen) atoms. The summed E-state index contributed by atoms with van der Waals surface area (Å²) in [6.07, 6.45) is 7.04. The minimum Gasteiger partial charge on any atom is -0.316 e. The average Bonchev–Trinajstić information content (AvgIpc) is 3.51. The van der Waals surface area contributed by atoms with Gasteiger partial charge in [0, 0.05) is 29.9 Å². The molecular formula is C24H23N5OS. The Morgan fingerprint density at radius 2 is 1.97 bits per heavy atom. The monoisotopic (exact) mass is 429 g/mol. The third kappa shape index (κ3) is 3.25. The van der Waals surface area contributed by atoms with E-state index in [-0.39, 0.29) is 5.91 Å². The summed E-state index contributed by atoms with van der Waals surface area (Å²) in [6, 6.07) is 16.3. The molecule has 7 heteroatoms. The molecule has 4 aromatic rings. The molecule has 0 unspecified atom stereocenters. The number of carbonyl (C=O) groups excluding carboxylic acids is 1. The fourth-order valence-corrected chi connectivity index (χ4v) is 5.97. The van der Waals surface area contributed by atoms with Gasteiger partial charge in [-0.2, -0.15) is 0 Å². The van der Waals surface area contributed by atoms with Crippen molar-refractivity contribution >= 4 is 34.2 Å². The van der Waals surface area contributed by atoms with E-state index >= 15 is 0 Å². The van der Waals surface area contributed by atoms with Crippen LogP contribution in [0.3, 0.4) is 0 Å². The molecule has 0 bridgehead atoms. The molecule has 1 aromatic carbocycles. The number of thiophene rings is 1. The quantitative estimate of drug-likeness (QED) is 0.492. The summed E-state index contributed by atoms with van der Waals surface area (Å²) in [5, 5.41) is 6.61. The number of para-hydroxylation sites is 2. The first-order valence-corrected chi connectivity index (χ1v) is 11.5. The number of nitrogens with one attached hydrogen (secondary N) is 2. The number of hydrogen-bond acceptors (Lipinski definition) is 5. The standard InChI is InChI=1S/C24H23N5OS/c30-22(21-6-5-20(31-21)16-7-10-25-11-8-16)28-23-27-18-3-1-2-4-19(18)29(23)17-13-24(14-17)9-12-26-15-24/h1-8,10-11,17,26H,9,12-15H2,(H,27,28,30). The molecule has 1 saturated heterocycles. The van der Waals surface area contributed by atoms with E-state index in [2.05, 4.69) is 26.3 Å². The Balaban J connectivity index is 1.29. The predicted molar refractivity (Wildman–Crippen MR) is 123 cm³/mol. The second-order valence-corrected chi connectivity index (χ2v) is 9.72. The molecule has 2 aliphatic rings. The lowest BCUT2D eigenvalue weighted by molar-refractivity contribution is 0.0874. The van der Waals surface area contributed by atoms with Gasteiger partial charge in [-0.05, 0) is 73.2 Å². The highest BCUT2D eigenvalue weighted by atomic mass is 32.1. The van der Waals surface area contributed by atoms with Crippen LogP contribution in [-0.4, -0.2) is 33.5 Å². The van der Waals surface area contributed by atoms with E-state index in [0.29, 0.717) is 22.3 Å². The number of imidazole rings is 1. The molecule has 1 amide bonds. The summed E-state index contributed by atoms with van der Waals surface area (Å²) >= 11 is 1.48. The Hall–Kier alpha value is -3.03. The van der Waals surface area contributed by atoms with Crippen molar-refractivity contribution in [3.8, 4) is 10.4 Å². The molecule has 0 radical (unpaired) electrons. The van der Waals surface area contributed by atoms with Gasteiger partial charge in [0.2, 0.25) is 5.95 Å². The number of amides is 1. The van der Waals surface area contributed by atoms with Gasteiger partial charge in [0.25, 0.3) is 5.91 Å². The topological polar surface area (TPSA) is 71.8 Å². The van der Waals surface area contributed by atoms with Crippen molar-refractivity contribution in [2.75, 3.05) is 18.4 Å². The number of pyridine rings is 1. The molecular weight excluding hydrogens is 406 g/mol. The number of rotatable bonds is 4. The fraction of sp³-hybridized carbons (Fsp3) is 0.292. The molecule has 156 valence electrons. The van der Waals surface area contributed by atoms with Crippen molar-refractivity contribution in [3.63, 3.8) is 0 Å².